The molecule has 1 aromatic heterocycles. The van der Waals surface area contributed by atoms with Crippen LogP contribution in [0, 0.1) is 17.0 Å². The number of fused-ring (bicyclic) bond motifs is 1. The molecule has 8 heteroatoms. The van der Waals surface area contributed by atoms with Gasteiger partial charge in [-0.05, 0) is 56.1 Å². The second-order valence-electron chi connectivity index (χ2n) is 6.65. The summed E-state index contributed by atoms with van der Waals surface area (Å²) < 4.78 is 1.53. The van der Waals surface area contributed by atoms with Crippen molar-refractivity contribution >= 4 is 28.2 Å². The first kappa shape index (κ1) is 17.6. The number of nitro benzene ring substituents is 1. The second-order valence-corrected chi connectivity index (χ2v) is 7.09. The van der Waals surface area contributed by atoms with Crippen molar-refractivity contribution in [3.05, 3.63) is 73.3 Å². The van der Waals surface area contributed by atoms with Crippen molar-refractivity contribution in [3.63, 3.8) is 0 Å². The monoisotopic (exact) mass is 384 g/mol. The number of nitrogens with one attached hydrogen (secondary N) is 1. The number of benzene rings is 2. The molecule has 0 radical (unpaired) electrons. The van der Waals surface area contributed by atoms with Gasteiger partial charge in [0.2, 0.25) is 0 Å². The van der Waals surface area contributed by atoms with E-state index in [-0.39, 0.29) is 22.7 Å². The molecule has 0 spiro atoms. The van der Waals surface area contributed by atoms with Gasteiger partial charge in [-0.3, -0.25) is 19.5 Å². The molecule has 0 unspecified atom stereocenters. The van der Waals surface area contributed by atoms with Crippen LogP contribution in [0.25, 0.3) is 16.6 Å². The van der Waals surface area contributed by atoms with Crippen LogP contribution in [-0.2, 0) is 0 Å². The molecule has 0 aliphatic carbocycles. The van der Waals surface area contributed by atoms with Crippen molar-refractivity contribution in [2.45, 2.75) is 25.8 Å². The number of hydrogen-bond donors (Lipinski definition) is 1. The van der Waals surface area contributed by atoms with E-state index in [1.807, 2.05) is 0 Å². The normalized spacial score (nSPS) is 16.7. The summed E-state index contributed by atoms with van der Waals surface area (Å²) in [5.41, 5.74) is 1.30. The largest absolute Gasteiger partial charge is 0.307 e. The van der Waals surface area contributed by atoms with Crippen molar-refractivity contribution in [3.8, 4) is 5.69 Å². The molecule has 1 aliphatic rings. The molecule has 1 fully saturated rings. The first-order valence-electron chi connectivity index (χ1n) is 8.67. The zero-order chi connectivity index (χ0) is 19.1. The minimum absolute atomic E-state index is 0.0487. The number of hydrogen-bond acceptors (Lipinski definition) is 5. The fourth-order valence-electron chi connectivity index (χ4n) is 3.54. The van der Waals surface area contributed by atoms with Gasteiger partial charge in [0, 0.05) is 17.2 Å². The zero-order valence-corrected chi connectivity index (χ0v) is 15.4. The van der Waals surface area contributed by atoms with E-state index in [1.54, 1.807) is 31.2 Å². The van der Waals surface area contributed by atoms with Crippen LogP contribution in [-0.4, -0.2) is 21.0 Å². The van der Waals surface area contributed by atoms with E-state index in [0.29, 0.717) is 27.6 Å². The van der Waals surface area contributed by atoms with E-state index >= 15 is 0 Å². The van der Waals surface area contributed by atoms with E-state index < -0.39 is 4.92 Å². The molecule has 0 saturated carbocycles. The minimum atomic E-state index is -0.495. The van der Waals surface area contributed by atoms with Gasteiger partial charge in [-0.25, -0.2) is 4.98 Å². The SMILES string of the molecule is Cc1cc([N+](=O)[O-])cc2c(=O)n(-c3ccc(Cl)cc3)c([C@H]3CCCN3)nc12. The highest BCUT2D eigenvalue weighted by Crippen LogP contribution is 2.28. The summed E-state index contributed by atoms with van der Waals surface area (Å²) in [6, 6.07) is 9.62. The smallest absolute Gasteiger partial charge is 0.270 e. The molecule has 138 valence electrons. The van der Waals surface area contributed by atoms with Crippen molar-refractivity contribution in [2.24, 2.45) is 0 Å². The van der Waals surface area contributed by atoms with Crippen LogP contribution >= 0.6 is 11.6 Å². The van der Waals surface area contributed by atoms with Gasteiger partial charge in [0.1, 0.15) is 5.82 Å². The van der Waals surface area contributed by atoms with E-state index in [0.717, 1.165) is 19.4 Å². The topological polar surface area (TPSA) is 90.1 Å². The summed E-state index contributed by atoms with van der Waals surface area (Å²) in [7, 11) is 0. The molecule has 0 amide bonds. The number of nitrogens with zero attached hydrogens (tertiary/aromatic N) is 3. The molecule has 7 nitrogen and oxygen atoms in total. The first-order valence-corrected chi connectivity index (χ1v) is 9.04. The summed E-state index contributed by atoms with van der Waals surface area (Å²) in [4.78, 5) is 28.9. The van der Waals surface area contributed by atoms with E-state index in [9.17, 15) is 14.9 Å². The van der Waals surface area contributed by atoms with Crippen LogP contribution in [0.3, 0.4) is 0 Å². The summed E-state index contributed by atoms with van der Waals surface area (Å²) in [6.07, 6.45) is 1.87. The molecular formula is C19H17ClN4O3. The van der Waals surface area contributed by atoms with Crippen molar-refractivity contribution in [2.75, 3.05) is 6.54 Å². The third-order valence-electron chi connectivity index (χ3n) is 4.84. The Morgan fingerprint density at radius 2 is 2.04 bits per heavy atom. The number of non-ortho nitro benzene ring substituents is 1. The Morgan fingerprint density at radius 3 is 2.67 bits per heavy atom. The van der Waals surface area contributed by atoms with Crippen LogP contribution in [0.4, 0.5) is 5.69 Å². The van der Waals surface area contributed by atoms with E-state index in [2.05, 4.69) is 5.32 Å². The zero-order valence-electron chi connectivity index (χ0n) is 14.6. The molecule has 4 rings (SSSR count). The summed E-state index contributed by atoms with van der Waals surface area (Å²) in [5, 5.41) is 15.4. The summed E-state index contributed by atoms with van der Waals surface area (Å²) in [6.45, 7) is 2.60. The highest BCUT2D eigenvalue weighted by molar-refractivity contribution is 6.30. The standard InChI is InChI=1S/C19H17ClN4O3/c1-11-9-14(24(26)27)10-15-17(11)22-18(16-3-2-8-21-16)23(19(15)25)13-6-4-12(20)5-7-13/h4-7,9-10,16,21H,2-3,8H2,1H3/t16-/m1/s1. The molecule has 2 aromatic carbocycles. The highest BCUT2D eigenvalue weighted by atomic mass is 35.5. The van der Waals surface area contributed by atoms with Gasteiger partial charge in [0.25, 0.3) is 11.2 Å². The molecule has 3 aromatic rings. The summed E-state index contributed by atoms with van der Waals surface area (Å²) in [5.74, 6) is 0.615. The molecule has 1 saturated heterocycles. The molecule has 2 heterocycles. The lowest BCUT2D eigenvalue weighted by Crippen LogP contribution is -2.29. The van der Waals surface area contributed by atoms with E-state index in [1.165, 1.54) is 16.7 Å². The van der Waals surface area contributed by atoms with E-state index in [4.69, 9.17) is 16.6 Å². The lowest BCUT2D eigenvalue weighted by atomic mass is 10.1. The number of rotatable bonds is 3. The van der Waals surface area contributed by atoms with Gasteiger partial charge in [-0.15, -0.1) is 0 Å². The fraction of sp³-hybridized carbons (Fsp3) is 0.263. The third-order valence-corrected chi connectivity index (χ3v) is 5.09. The Hall–Kier alpha value is -2.77. The maximum absolute atomic E-state index is 13.4. The first-order chi connectivity index (χ1) is 13.0. The number of halogens is 1. The Kier molecular flexibility index (Phi) is 4.41. The molecule has 27 heavy (non-hydrogen) atoms. The average molecular weight is 385 g/mol. The molecule has 0 bridgehead atoms. The van der Waals surface area contributed by atoms with Gasteiger partial charge >= 0.3 is 0 Å². The lowest BCUT2D eigenvalue weighted by molar-refractivity contribution is -0.384. The average Bonchev–Trinajstić information content (AvgIpc) is 3.17. The minimum Gasteiger partial charge on any atom is -0.307 e. The van der Waals surface area contributed by atoms with Gasteiger partial charge in [0.15, 0.2) is 0 Å². The quantitative estimate of drug-likeness (QED) is 0.549. The van der Waals surface area contributed by atoms with Gasteiger partial charge in [-0.1, -0.05) is 11.6 Å². The lowest BCUT2D eigenvalue weighted by Gasteiger charge is -2.19. The van der Waals surface area contributed by atoms with Crippen LogP contribution in [0.15, 0.2) is 41.2 Å². The Bertz CT molecular complexity index is 1100. The molecule has 1 atom stereocenters. The maximum Gasteiger partial charge on any atom is 0.270 e. The number of aromatic nitrogens is 2. The van der Waals surface area contributed by atoms with Crippen molar-refractivity contribution in [1.82, 2.24) is 14.9 Å². The van der Waals surface area contributed by atoms with Gasteiger partial charge < -0.3 is 5.32 Å². The van der Waals surface area contributed by atoms with Gasteiger partial charge in [-0.2, -0.15) is 0 Å². The van der Waals surface area contributed by atoms with Crippen LogP contribution in [0.2, 0.25) is 5.02 Å². The Balaban J connectivity index is 2.07. The van der Waals surface area contributed by atoms with Gasteiger partial charge in [0.05, 0.1) is 27.6 Å². The Morgan fingerprint density at radius 1 is 1.30 bits per heavy atom. The number of aryl methyl sites for hydroxylation is 1. The fourth-order valence-corrected chi connectivity index (χ4v) is 3.67. The third kappa shape index (κ3) is 3.09. The summed E-state index contributed by atoms with van der Waals surface area (Å²) >= 11 is 5.99. The second kappa shape index (κ2) is 6.75. The predicted octanol–water partition coefficient (Wildman–Crippen LogP) is 3.68. The molecule has 1 N–H and O–H groups in total. The van der Waals surface area contributed by atoms with Crippen LogP contribution in [0.5, 0.6) is 0 Å². The molecule has 1 aliphatic heterocycles. The van der Waals surface area contributed by atoms with Crippen LogP contribution in [0.1, 0.15) is 30.3 Å². The highest BCUT2D eigenvalue weighted by Gasteiger charge is 2.25. The van der Waals surface area contributed by atoms with Crippen LogP contribution < -0.4 is 10.9 Å². The predicted molar refractivity (Wildman–Crippen MR) is 104 cm³/mol. The van der Waals surface area contributed by atoms with Crippen molar-refractivity contribution < 1.29 is 4.92 Å². The van der Waals surface area contributed by atoms with Crippen molar-refractivity contribution in [1.29, 1.82) is 0 Å². The number of nitro groups is 1. The maximum atomic E-state index is 13.4. The molecular weight excluding hydrogens is 368 g/mol. The Labute approximate surface area is 159 Å².